The van der Waals surface area contributed by atoms with E-state index in [1.54, 1.807) is 13.1 Å². The van der Waals surface area contributed by atoms with Crippen molar-refractivity contribution in [1.82, 2.24) is 10.2 Å². The van der Waals surface area contributed by atoms with E-state index in [4.69, 9.17) is 27.9 Å². The summed E-state index contributed by atoms with van der Waals surface area (Å²) >= 11 is 11.8. The normalized spacial score (nSPS) is 14.1. The lowest BCUT2D eigenvalue weighted by Gasteiger charge is -2.23. The molecular weight excluding hydrogens is 425 g/mol. The van der Waals surface area contributed by atoms with Crippen molar-refractivity contribution in [1.29, 1.82) is 0 Å². The number of nitrogens with zero attached hydrogens (tertiary/aromatic N) is 2. The minimum absolute atomic E-state index is 0.254. The van der Waals surface area contributed by atoms with Crippen LogP contribution >= 0.6 is 23.2 Å². The van der Waals surface area contributed by atoms with Crippen molar-refractivity contribution in [3.05, 3.63) is 53.9 Å². The Bertz CT molecular complexity index is 759. The molecule has 30 heavy (non-hydrogen) atoms. The van der Waals surface area contributed by atoms with Gasteiger partial charge in [0, 0.05) is 55.8 Å². The Labute approximate surface area is 188 Å². The first-order valence-electron chi connectivity index (χ1n) is 10.0. The van der Waals surface area contributed by atoms with E-state index in [0.717, 1.165) is 11.3 Å². The number of carbonyl (C=O) groups excluding carboxylic acids is 2. The standard InChI is InChI=1S/C22H29Cl2N3O3/c1-3-30-22(29)20(25-21(28)18-5-4-12-26(2)16-18)15-17-6-8-19(9-7-17)27(13-10-23)14-11-24/h4,6-9,12,16,20H,3,5,10-11,13-15H2,1-2H3,(H,25,28). The fourth-order valence-corrected chi connectivity index (χ4v) is 3.59. The highest BCUT2D eigenvalue weighted by molar-refractivity contribution is 6.18. The van der Waals surface area contributed by atoms with E-state index in [1.165, 1.54) is 0 Å². The van der Waals surface area contributed by atoms with Crippen molar-refractivity contribution in [2.45, 2.75) is 25.8 Å². The molecule has 0 aromatic heterocycles. The Hall–Kier alpha value is -2.18. The fraction of sp³-hybridized carbons (Fsp3) is 0.455. The maximum absolute atomic E-state index is 12.7. The zero-order chi connectivity index (χ0) is 21.9. The van der Waals surface area contributed by atoms with Gasteiger partial charge in [0.05, 0.1) is 6.61 Å². The van der Waals surface area contributed by atoms with Crippen LogP contribution in [0.4, 0.5) is 5.69 Å². The summed E-state index contributed by atoms with van der Waals surface area (Å²) in [7, 11) is 1.85. The van der Waals surface area contributed by atoms with Gasteiger partial charge in [-0.1, -0.05) is 18.2 Å². The lowest BCUT2D eigenvalue weighted by molar-refractivity contribution is -0.147. The summed E-state index contributed by atoms with van der Waals surface area (Å²) in [6.07, 6.45) is 6.42. The molecule has 0 bridgehead atoms. The van der Waals surface area contributed by atoms with E-state index in [1.807, 2.05) is 48.5 Å². The zero-order valence-electron chi connectivity index (χ0n) is 17.4. The molecule has 1 unspecified atom stereocenters. The molecule has 0 spiro atoms. The molecule has 1 amide bonds. The van der Waals surface area contributed by atoms with Crippen LogP contribution in [0, 0.1) is 0 Å². The van der Waals surface area contributed by atoms with Crippen LogP contribution in [0.1, 0.15) is 18.9 Å². The minimum Gasteiger partial charge on any atom is -0.464 e. The van der Waals surface area contributed by atoms with Crippen LogP contribution in [0.2, 0.25) is 0 Å². The van der Waals surface area contributed by atoms with Crippen LogP contribution in [-0.2, 0) is 20.7 Å². The SMILES string of the molecule is CCOC(=O)C(Cc1ccc(N(CCCl)CCCl)cc1)NC(=O)C1=CN(C)C=CC1. The van der Waals surface area contributed by atoms with Gasteiger partial charge < -0.3 is 19.9 Å². The number of hydrogen-bond donors (Lipinski definition) is 1. The fourth-order valence-electron chi connectivity index (χ4n) is 3.18. The van der Waals surface area contributed by atoms with E-state index in [2.05, 4.69) is 10.2 Å². The molecule has 1 aliphatic rings. The molecular formula is C22H29Cl2N3O3. The first kappa shape index (κ1) is 24.1. The highest BCUT2D eigenvalue weighted by Gasteiger charge is 2.24. The second-order valence-electron chi connectivity index (χ2n) is 6.92. The van der Waals surface area contributed by atoms with Gasteiger partial charge in [-0.25, -0.2) is 4.79 Å². The quantitative estimate of drug-likeness (QED) is 0.411. The molecule has 2 rings (SSSR count). The second kappa shape index (κ2) is 12.5. The average Bonchev–Trinajstić information content (AvgIpc) is 2.74. The van der Waals surface area contributed by atoms with Crippen molar-refractivity contribution in [2.75, 3.05) is 43.4 Å². The third kappa shape index (κ3) is 7.26. The molecule has 0 fully saturated rings. The molecule has 1 N–H and O–H groups in total. The highest BCUT2D eigenvalue weighted by atomic mass is 35.5. The van der Waals surface area contributed by atoms with Crippen LogP contribution < -0.4 is 10.2 Å². The van der Waals surface area contributed by atoms with Crippen molar-refractivity contribution in [2.24, 2.45) is 0 Å². The molecule has 1 heterocycles. The summed E-state index contributed by atoms with van der Waals surface area (Å²) in [5.41, 5.74) is 2.53. The van der Waals surface area contributed by atoms with Gasteiger partial charge in [-0.15, -0.1) is 23.2 Å². The Morgan fingerprint density at radius 3 is 2.43 bits per heavy atom. The smallest absolute Gasteiger partial charge is 0.328 e. The molecule has 0 saturated carbocycles. The first-order chi connectivity index (χ1) is 14.5. The predicted octanol–water partition coefficient (Wildman–Crippen LogP) is 3.29. The summed E-state index contributed by atoms with van der Waals surface area (Å²) < 4.78 is 5.18. The maximum atomic E-state index is 12.7. The van der Waals surface area contributed by atoms with Crippen molar-refractivity contribution in [3.8, 4) is 0 Å². The average molecular weight is 454 g/mol. The molecule has 1 atom stereocenters. The summed E-state index contributed by atoms with van der Waals surface area (Å²) in [6.45, 7) is 3.40. The van der Waals surface area contributed by atoms with E-state index in [-0.39, 0.29) is 12.5 Å². The number of alkyl halides is 2. The second-order valence-corrected chi connectivity index (χ2v) is 7.68. The number of amides is 1. The number of esters is 1. The number of allylic oxidation sites excluding steroid dienone is 1. The number of carbonyl (C=O) groups is 2. The molecule has 6 nitrogen and oxygen atoms in total. The number of rotatable bonds is 11. The number of hydrogen-bond acceptors (Lipinski definition) is 5. The van der Waals surface area contributed by atoms with E-state index >= 15 is 0 Å². The largest absolute Gasteiger partial charge is 0.464 e. The lowest BCUT2D eigenvalue weighted by atomic mass is 10.0. The third-order valence-electron chi connectivity index (χ3n) is 4.66. The molecule has 0 saturated heterocycles. The Morgan fingerprint density at radius 2 is 1.87 bits per heavy atom. The topological polar surface area (TPSA) is 61.9 Å². The highest BCUT2D eigenvalue weighted by Crippen LogP contribution is 2.17. The number of anilines is 1. The molecule has 164 valence electrons. The number of halogens is 2. The summed E-state index contributed by atoms with van der Waals surface area (Å²) in [5, 5.41) is 2.83. The number of nitrogens with one attached hydrogen (secondary N) is 1. The van der Waals surface area contributed by atoms with Gasteiger partial charge in [-0.05, 0) is 37.2 Å². The maximum Gasteiger partial charge on any atom is 0.328 e. The van der Waals surface area contributed by atoms with Gasteiger partial charge in [0.15, 0.2) is 0 Å². The van der Waals surface area contributed by atoms with E-state index < -0.39 is 12.0 Å². The van der Waals surface area contributed by atoms with Crippen molar-refractivity contribution < 1.29 is 14.3 Å². The molecule has 0 radical (unpaired) electrons. The number of ether oxygens (including phenoxy) is 1. The predicted molar refractivity (Wildman–Crippen MR) is 122 cm³/mol. The van der Waals surface area contributed by atoms with E-state index in [9.17, 15) is 9.59 Å². The summed E-state index contributed by atoms with van der Waals surface area (Å²) in [6, 6.07) is 7.07. The third-order valence-corrected chi connectivity index (χ3v) is 4.99. The summed E-state index contributed by atoms with van der Waals surface area (Å²) in [5.74, 6) is 0.309. The molecule has 0 aliphatic carbocycles. The molecule has 8 heteroatoms. The van der Waals surface area contributed by atoms with Crippen molar-refractivity contribution in [3.63, 3.8) is 0 Å². The van der Waals surface area contributed by atoms with E-state index in [0.29, 0.717) is 43.3 Å². The van der Waals surface area contributed by atoms with Gasteiger partial charge in [-0.2, -0.15) is 0 Å². The lowest BCUT2D eigenvalue weighted by Crippen LogP contribution is -2.44. The first-order valence-corrected chi connectivity index (χ1v) is 11.1. The monoisotopic (exact) mass is 453 g/mol. The van der Waals surface area contributed by atoms with Gasteiger partial charge in [-0.3, -0.25) is 4.79 Å². The van der Waals surface area contributed by atoms with Gasteiger partial charge in [0.1, 0.15) is 6.04 Å². The Balaban J connectivity index is 2.10. The molecule has 1 aromatic rings. The van der Waals surface area contributed by atoms with Gasteiger partial charge >= 0.3 is 5.97 Å². The Kier molecular flexibility index (Phi) is 10.0. The van der Waals surface area contributed by atoms with Crippen LogP contribution in [-0.4, -0.2) is 61.3 Å². The molecule has 1 aliphatic heterocycles. The zero-order valence-corrected chi connectivity index (χ0v) is 19.0. The minimum atomic E-state index is -0.762. The summed E-state index contributed by atoms with van der Waals surface area (Å²) in [4.78, 5) is 29.0. The number of benzene rings is 1. The van der Waals surface area contributed by atoms with Crippen molar-refractivity contribution >= 4 is 40.8 Å². The van der Waals surface area contributed by atoms with Crippen LogP contribution in [0.5, 0.6) is 0 Å². The van der Waals surface area contributed by atoms with Crippen LogP contribution in [0.15, 0.2) is 48.3 Å². The van der Waals surface area contributed by atoms with Crippen LogP contribution in [0.3, 0.4) is 0 Å². The van der Waals surface area contributed by atoms with Crippen LogP contribution in [0.25, 0.3) is 0 Å². The van der Waals surface area contributed by atoms with Gasteiger partial charge in [0.2, 0.25) is 5.91 Å². The van der Waals surface area contributed by atoms with Gasteiger partial charge in [0.25, 0.3) is 0 Å². The Morgan fingerprint density at radius 1 is 1.20 bits per heavy atom. The molecule has 1 aromatic carbocycles.